The molecule has 2 aromatic rings. The van der Waals surface area contributed by atoms with Crippen molar-refractivity contribution in [2.45, 2.75) is 32.9 Å². The Bertz CT molecular complexity index is 592. The summed E-state index contributed by atoms with van der Waals surface area (Å²) in [5.74, 6) is 0.00700. The van der Waals surface area contributed by atoms with E-state index in [0.717, 1.165) is 21.8 Å². The Labute approximate surface area is 123 Å². The normalized spacial score (nSPS) is 10.8. The zero-order valence-electron chi connectivity index (χ0n) is 11.7. The smallest absolute Gasteiger partial charge is 0.226 e. The van der Waals surface area contributed by atoms with Gasteiger partial charge in [0.2, 0.25) is 5.91 Å². The van der Waals surface area contributed by atoms with Crippen LogP contribution in [0.5, 0.6) is 0 Å². The Kier molecular flexibility index (Phi) is 4.87. The van der Waals surface area contributed by atoms with Crippen LogP contribution in [0.3, 0.4) is 0 Å². The zero-order valence-corrected chi connectivity index (χ0v) is 12.5. The number of hydrogen-bond acceptors (Lipinski definition) is 4. The van der Waals surface area contributed by atoms with Gasteiger partial charge in [-0.15, -0.1) is 11.3 Å². The largest absolute Gasteiger partial charge is 0.354 e. The fraction of sp³-hybridized carbons (Fsp3) is 0.333. The number of carbonyl (C=O) groups is 1. The second kappa shape index (κ2) is 6.63. The van der Waals surface area contributed by atoms with E-state index in [2.05, 4.69) is 10.3 Å². The molecule has 0 fully saturated rings. The predicted octanol–water partition coefficient (Wildman–Crippen LogP) is 2.34. The summed E-state index contributed by atoms with van der Waals surface area (Å²) in [7, 11) is 0. The number of aromatic nitrogens is 1. The highest BCUT2D eigenvalue weighted by molar-refractivity contribution is 7.13. The van der Waals surface area contributed by atoms with Crippen LogP contribution < -0.4 is 11.1 Å². The summed E-state index contributed by atoms with van der Waals surface area (Å²) in [5, 5.41) is 5.73. The predicted molar refractivity (Wildman–Crippen MR) is 82.4 cm³/mol. The Morgan fingerprint density at radius 3 is 2.95 bits per heavy atom. The summed E-state index contributed by atoms with van der Waals surface area (Å²) >= 11 is 1.55. The van der Waals surface area contributed by atoms with Crippen LogP contribution >= 0.6 is 11.3 Å². The van der Waals surface area contributed by atoms with Crippen LogP contribution in [0.2, 0.25) is 0 Å². The lowest BCUT2D eigenvalue weighted by molar-refractivity contribution is -0.120. The third kappa shape index (κ3) is 3.88. The maximum atomic E-state index is 11.7. The second-order valence-corrected chi connectivity index (χ2v) is 5.81. The molecule has 0 atom stereocenters. The van der Waals surface area contributed by atoms with Gasteiger partial charge in [0, 0.05) is 23.5 Å². The Balaban J connectivity index is 2.10. The van der Waals surface area contributed by atoms with E-state index in [0.29, 0.717) is 13.0 Å². The molecule has 20 heavy (non-hydrogen) atoms. The van der Waals surface area contributed by atoms with E-state index in [4.69, 9.17) is 5.73 Å². The summed E-state index contributed by atoms with van der Waals surface area (Å²) < 4.78 is 0. The van der Waals surface area contributed by atoms with Gasteiger partial charge in [0.25, 0.3) is 0 Å². The van der Waals surface area contributed by atoms with Crippen LogP contribution in [0, 0.1) is 0 Å². The fourth-order valence-corrected chi connectivity index (χ4v) is 2.71. The van der Waals surface area contributed by atoms with E-state index >= 15 is 0 Å². The van der Waals surface area contributed by atoms with Crippen LogP contribution in [0.4, 0.5) is 0 Å². The Morgan fingerprint density at radius 1 is 1.45 bits per heavy atom. The van der Waals surface area contributed by atoms with Crippen molar-refractivity contribution in [1.29, 1.82) is 0 Å². The van der Waals surface area contributed by atoms with Gasteiger partial charge in [0.1, 0.15) is 5.01 Å². The number of nitrogens with two attached hydrogens (primary N) is 1. The van der Waals surface area contributed by atoms with Crippen LogP contribution in [0.1, 0.15) is 25.1 Å². The van der Waals surface area contributed by atoms with Crippen molar-refractivity contribution >= 4 is 17.2 Å². The van der Waals surface area contributed by atoms with Crippen LogP contribution in [-0.4, -0.2) is 16.9 Å². The van der Waals surface area contributed by atoms with E-state index in [1.807, 2.05) is 43.5 Å². The van der Waals surface area contributed by atoms with Crippen LogP contribution in [-0.2, 0) is 17.8 Å². The molecule has 2 rings (SSSR count). The van der Waals surface area contributed by atoms with Crippen molar-refractivity contribution in [2.24, 2.45) is 5.73 Å². The first-order valence-corrected chi connectivity index (χ1v) is 7.49. The molecule has 1 heterocycles. The van der Waals surface area contributed by atoms with Gasteiger partial charge < -0.3 is 11.1 Å². The van der Waals surface area contributed by atoms with Crippen LogP contribution in [0.25, 0.3) is 10.6 Å². The molecule has 0 saturated heterocycles. The SMILES string of the molecule is CC(C)NC(=O)Cc1csc(-c2cccc(CN)c2)n1. The fourth-order valence-electron chi connectivity index (χ4n) is 1.89. The first-order chi connectivity index (χ1) is 9.58. The van der Waals surface area contributed by atoms with Crippen LogP contribution in [0.15, 0.2) is 29.6 Å². The van der Waals surface area contributed by atoms with Gasteiger partial charge in [-0.1, -0.05) is 18.2 Å². The quantitative estimate of drug-likeness (QED) is 0.887. The summed E-state index contributed by atoms with van der Waals surface area (Å²) in [4.78, 5) is 16.2. The number of thiazole rings is 1. The molecule has 1 aromatic heterocycles. The van der Waals surface area contributed by atoms with Crippen molar-refractivity contribution < 1.29 is 4.79 Å². The van der Waals surface area contributed by atoms with E-state index in [9.17, 15) is 4.79 Å². The summed E-state index contributed by atoms with van der Waals surface area (Å²) in [5.41, 5.74) is 8.58. The third-order valence-electron chi connectivity index (χ3n) is 2.75. The number of nitrogens with zero attached hydrogens (tertiary/aromatic N) is 1. The first-order valence-electron chi connectivity index (χ1n) is 6.61. The summed E-state index contributed by atoms with van der Waals surface area (Å²) in [6.45, 7) is 4.41. The zero-order chi connectivity index (χ0) is 14.5. The molecule has 4 nitrogen and oxygen atoms in total. The molecule has 1 amide bonds. The molecule has 0 saturated carbocycles. The van der Waals surface area contributed by atoms with Gasteiger partial charge in [0.15, 0.2) is 0 Å². The highest BCUT2D eigenvalue weighted by atomic mass is 32.1. The molecule has 1 aromatic carbocycles. The minimum atomic E-state index is 0.00700. The molecular weight excluding hydrogens is 270 g/mol. The van der Waals surface area contributed by atoms with E-state index in [1.54, 1.807) is 11.3 Å². The maximum absolute atomic E-state index is 11.7. The summed E-state index contributed by atoms with van der Waals surface area (Å²) in [6.07, 6.45) is 0.325. The topological polar surface area (TPSA) is 68.0 Å². The highest BCUT2D eigenvalue weighted by Gasteiger charge is 2.10. The number of benzene rings is 1. The second-order valence-electron chi connectivity index (χ2n) is 4.95. The Hall–Kier alpha value is -1.72. The van der Waals surface area contributed by atoms with E-state index in [-0.39, 0.29) is 11.9 Å². The van der Waals surface area contributed by atoms with Gasteiger partial charge in [0.05, 0.1) is 12.1 Å². The highest BCUT2D eigenvalue weighted by Crippen LogP contribution is 2.24. The summed E-state index contributed by atoms with van der Waals surface area (Å²) in [6, 6.07) is 8.17. The lowest BCUT2D eigenvalue weighted by atomic mass is 10.1. The average Bonchev–Trinajstić information content (AvgIpc) is 2.86. The molecule has 0 unspecified atom stereocenters. The van der Waals surface area contributed by atoms with Crippen molar-refractivity contribution in [1.82, 2.24) is 10.3 Å². The minimum Gasteiger partial charge on any atom is -0.354 e. The number of amides is 1. The van der Waals surface area contributed by atoms with E-state index in [1.165, 1.54) is 0 Å². The molecule has 0 aliphatic rings. The minimum absolute atomic E-state index is 0.00700. The standard InChI is InChI=1S/C15H19N3OS/c1-10(2)17-14(19)7-13-9-20-15(18-13)12-5-3-4-11(6-12)8-16/h3-6,9-10H,7-8,16H2,1-2H3,(H,17,19). The average molecular weight is 289 g/mol. The van der Waals surface area contributed by atoms with Crippen molar-refractivity contribution in [3.05, 3.63) is 40.9 Å². The molecule has 0 radical (unpaired) electrons. The molecule has 0 aliphatic carbocycles. The number of nitrogens with one attached hydrogen (secondary N) is 1. The van der Waals surface area contributed by atoms with Crippen molar-refractivity contribution in [3.63, 3.8) is 0 Å². The number of hydrogen-bond donors (Lipinski definition) is 2. The van der Waals surface area contributed by atoms with Gasteiger partial charge >= 0.3 is 0 Å². The first kappa shape index (κ1) is 14.7. The van der Waals surface area contributed by atoms with E-state index < -0.39 is 0 Å². The molecule has 0 aliphatic heterocycles. The lowest BCUT2D eigenvalue weighted by Gasteiger charge is -2.06. The molecule has 3 N–H and O–H groups in total. The monoisotopic (exact) mass is 289 g/mol. The number of rotatable bonds is 5. The Morgan fingerprint density at radius 2 is 2.25 bits per heavy atom. The molecular formula is C15H19N3OS. The van der Waals surface area contributed by atoms with Crippen molar-refractivity contribution in [2.75, 3.05) is 0 Å². The lowest BCUT2D eigenvalue weighted by Crippen LogP contribution is -2.31. The molecule has 106 valence electrons. The van der Waals surface area contributed by atoms with Gasteiger partial charge in [-0.2, -0.15) is 0 Å². The molecule has 5 heteroatoms. The molecule has 0 bridgehead atoms. The molecule has 0 spiro atoms. The third-order valence-corrected chi connectivity index (χ3v) is 3.69. The van der Waals surface area contributed by atoms with Gasteiger partial charge in [-0.3, -0.25) is 4.79 Å². The number of carbonyl (C=O) groups excluding carboxylic acids is 1. The maximum Gasteiger partial charge on any atom is 0.226 e. The van der Waals surface area contributed by atoms with Gasteiger partial charge in [-0.25, -0.2) is 4.98 Å². The van der Waals surface area contributed by atoms with Gasteiger partial charge in [-0.05, 0) is 25.5 Å². The van der Waals surface area contributed by atoms with Crippen molar-refractivity contribution in [3.8, 4) is 10.6 Å².